The van der Waals surface area contributed by atoms with Gasteiger partial charge in [-0.05, 0) is 35.6 Å². The third-order valence-electron chi connectivity index (χ3n) is 2.23. The maximum absolute atomic E-state index is 13.3. The van der Waals surface area contributed by atoms with E-state index in [0.717, 1.165) is 0 Å². The summed E-state index contributed by atoms with van der Waals surface area (Å²) in [5.74, 6) is -0.318. The fourth-order valence-corrected chi connectivity index (χ4v) is 2.03. The van der Waals surface area contributed by atoms with Crippen LogP contribution in [0.4, 0.5) is 15.8 Å². The van der Waals surface area contributed by atoms with Gasteiger partial charge in [0.15, 0.2) is 0 Å². The molecule has 1 aliphatic heterocycles. The van der Waals surface area contributed by atoms with Crippen LogP contribution in [0, 0.1) is 9.39 Å². The van der Waals surface area contributed by atoms with Crippen LogP contribution in [0.3, 0.4) is 0 Å². The van der Waals surface area contributed by atoms with Crippen molar-refractivity contribution in [1.29, 1.82) is 0 Å². The number of nitrogens with one attached hydrogen (secondary N) is 2. The smallest absolute Gasteiger partial charge is 0.226 e. The first-order valence-corrected chi connectivity index (χ1v) is 5.69. The predicted octanol–water partition coefficient (Wildman–Crippen LogP) is 2.57. The number of rotatable bonds is 0. The molecule has 0 saturated heterocycles. The van der Waals surface area contributed by atoms with Crippen molar-refractivity contribution in [2.75, 3.05) is 10.6 Å². The van der Waals surface area contributed by atoms with E-state index in [0.29, 0.717) is 21.4 Å². The number of amides is 1. The van der Waals surface area contributed by atoms with E-state index < -0.39 is 0 Å². The van der Waals surface area contributed by atoms with Gasteiger partial charge in [-0.2, -0.15) is 0 Å². The van der Waals surface area contributed by atoms with Gasteiger partial charge in [-0.1, -0.05) is 0 Å². The Morgan fingerprint density at radius 3 is 2.93 bits per heavy atom. The molecule has 1 aromatic carbocycles. The summed E-state index contributed by atoms with van der Waals surface area (Å²) in [6, 6.07) is 3.07. The van der Waals surface area contributed by atoms with E-state index in [2.05, 4.69) is 10.6 Å². The molecule has 0 fully saturated rings. The van der Waals surface area contributed by atoms with E-state index in [1.807, 2.05) is 29.5 Å². The van der Waals surface area contributed by atoms with Gasteiger partial charge in [-0.25, -0.2) is 4.39 Å². The van der Waals surface area contributed by atoms with E-state index in [1.54, 1.807) is 6.07 Å². The van der Waals surface area contributed by atoms with Gasteiger partial charge >= 0.3 is 0 Å². The molecule has 0 aromatic heterocycles. The molecule has 1 unspecified atom stereocenters. The third kappa shape index (κ3) is 2.22. The van der Waals surface area contributed by atoms with Crippen LogP contribution in [0.5, 0.6) is 0 Å². The Morgan fingerprint density at radius 2 is 2.20 bits per heavy atom. The summed E-state index contributed by atoms with van der Waals surface area (Å²) in [6.07, 6.45) is 0.396. The highest BCUT2D eigenvalue weighted by atomic mass is 127. The van der Waals surface area contributed by atoms with Gasteiger partial charge in [0.2, 0.25) is 5.91 Å². The maximum Gasteiger partial charge on any atom is 0.226 e. The molecule has 1 heterocycles. The molecule has 15 heavy (non-hydrogen) atoms. The molecule has 2 N–H and O–H groups in total. The highest BCUT2D eigenvalue weighted by Gasteiger charge is 2.18. The van der Waals surface area contributed by atoms with Crippen molar-refractivity contribution in [3.63, 3.8) is 0 Å². The van der Waals surface area contributed by atoms with Crippen LogP contribution in [0.2, 0.25) is 0 Å². The number of carbonyl (C=O) groups is 1. The van der Waals surface area contributed by atoms with Crippen LogP contribution in [-0.2, 0) is 4.79 Å². The van der Waals surface area contributed by atoms with Gasteiger partial charge in [-0.15, -0.1) is 0 Å². The quantitative estimate of drug-likeness (QED) is 0.722. The summed E-state index contributed by atoms with van der Waals surface area (Å²) >= 11 is 1.90. The molecule has 2 rings (SSSR count). The number of anilines is 2. The van der Waals surface area contributed by atoms with Crippen molar-refractivity contribution in [3.8, 4) is 0 Å². The third-order valence-corrected chi connectivity index (χ3v) is 3.05. The molecule has 1 aliphatic rings. The average molecular weight is 320 g/mol. The summed E-state index contributed by atoms with van der Waals surface area (Å²) in [5, 5.41) is 5.84. The summed E-state index contributed by atoms with van der Waals surface area (Å²) in [5.41, 5.74) is 1.29. The molecule has 1 atom stereocenters. The lowest BCUT2D eigenvalue weighted by Crippen LogP contribution is -2.18. The molecule has 80 valence electrons. The summed E-state index contributed by atoms with van der Waals surface area (Å²) < 4.78 is 13.8. The van der Waals surface area contributed by atoms with Gasteiger partial charge in [0, 0.05) is 18.5 Å². The van der Waals surface area contributed by atoms with Crippen LogP contribution in [0.1, 0.15) is 13.3 Å². The molecular formula is C10H10FIN2O. The molecule has 0 spiro atoms. The van der Waals surface area contributed by atoms with Crippen molar-refractivity contribution in [2.24, 2.45) is 0 Å². The zero-order valence-corrected chi connectivity index (χ0v) is 10.3. The van der Waals surface area contributed by atoms with Crippen molar-refractivity contribution >= 4 is 39.9 Å². The zero-order chi connectivity index (χ0) is 11.0. The van der Waals surface area contributed by atoms with Crippen LogP contribution in [-0.4, -0.2) is 11.9 Å². The van der Waals surface area contributed by atoms with Crippen LogP contribution in [0.15, 0.2) is 12.1 Å². The molecular weight excluding hydrogens is 310 g/mol. The van der Waals surface area contributed by atoms with Crippen molar-refractivity contribution in [1.82, 2.24) is 0 Å². The number of benzene rings is 1. The monoisotopic (exact) mass is 320 g/mol. The minimum Gasteiger partial charge on any atom is -0.380 e. The van der Waals surface area contributed by atoms with Crippen molar-refractivity contribution in [3.05, 3.63) is 21.5 Å². The Morgan fingerprint density at radius 1 is 1.47 bits per heavy atom. The van der Waals surface area contributed by atoms with E-state index in [9.17, 15) is 9.18 Å². The summed E-state index contributed by atoms with van der Waals surface area (Å²) in [6.45, 7) is 1.89. The SMILES string of the molecule is CC1CC(=O)Nc2cc(I)c(F)cc2N1. The van der Waals surface area contributed by atoms with Gasteiger partial charge in [0.25, 0.3) is 0 Å². The first kappa shape index (κ1) is 10.7. The minimum absolute atomic E-state index is 0.0192. The Hall–Kier alpha value is -0.850. The van der Waals surface area contributed by atoms with Crippen LogP contribution >= 0.6 is 22.6 Å². The highest BCUT2D eigenvalue weighted by Crippen LogP contribution is 2.29. The molecule has 0 bridgehead atoms. The van der Waals surface area contributed by atoms with Crippen LogP contribution < -0.4 is 10.6 Å². The van der Waals surface area contributed by atoms with Crippen molar-refractivity contribution < 1.29 is 9.18 Å². The van der Waals surface area contributed by atoms with Crippen LogP contribution in [0.25, 0.3) is 0 Å². The lowest BCUT2D eigenvalue weighted by atomic mass is 10.2. The Kier molecular flexibility index (Phi) is 2.81. The summed E-state index contributed by atoms with van der Waals surface area (Å²) in [7, 11) is 0. The molecule has 3 nitrogen and oxygen atoms in total. The lowest BCUT2D eigenvalue weighted by Gasteiger charge is -2.12. The zero-order valence-electron chi connectivity index (χ0n) is 8.10. The standard InChI is InChI=1S/C10H10FIN2O/c1-5-2-10(15)14-9-4-7(12)6(11)3-8(9)13-5/h3-5,13H,2H2,1H3,(H,14,15). The number of halogens is 2. The van der Waals surface area contributed by atoms with Gasteiger partial charge in [-0.3, -0.25) is 4.79 Å². The Balaban J connectivity index is 2.46. The minimum atomic E-state index is -0.273. The second-order valence-corrected chi connectivity index (χ2v) is 4.77. The second-order valence-electron chi connectivity index (χ2n) is 3.61. The predicted molar refractivity (Wildman–Crippen MR) is 65.4 cm³/mol. The first-order valence-electron chi connectivity index (χ1n) is 4.61. The van der Waals surface area contributed by atoms with E-state index in [1.165, 1.54) is 6.07 Å². The molecule has 0 radical (unpaired) electrons. The van der Waals surface area contributed by atoms with E-state index in [-0.39, 0.29) is 17.8 Å². The number of hydrogen-bond donors (Lipinski definition) is 2. The lowest BCUT2D eigenvalue weighted by molar-refractivity contribution is -0.116. The Labute approximate surface area is 101 Å². The molecule has 0 saturated carbocycles. The topological polar surface area (TPSA) is 41.1 Å². The fraction of sp³-hybridized carbons (Fsp3) is 0.300. The molecule has 1 amide bonds. The number of hydrogen-bond acceptors (Lipinski definition) is 2. The number of fused-ring (bicyclic) bond motifs is 1. The largest absolute Gasteiger partial charge is 0.380 e. The van der Waals surface area contributed by atoms with Gasteiger partial charge in [0.1, 0.15) is 5.82 Å². The average Bonchev–Trinajstić information content (AvgIpc) is 2.24. The van der Waals surface area contributed by atoms with Gasteiger partial charge in [0.05, 0.1) is 14.9 Å². The van der Waals surface area contributed by atoms with Crippen molar-refractivity contribution in [2.45, 2.75) is 19.4 Å². The van der Waals surface area contributed by atoms with E-state index >= 15 is 0 Å². The Bertz CT molecular complexity index is 422. The first-order chi connectivity index (χ1) is 7.06. The normalized spacial score (nSPS) is 19.9. The number of carbonyl (C=O) groups excluding carboxylic acids is 1. The molecule has 1 aromatic rings. The second kappa shape index (κ2) is 3.96. The molecule has 5 heteroatoms. The summed E-state index contributed by atoms with van der Waals surface area (Å²) in [4.78, 5) is 11.4. The molecule has 0 aliphatic carbocycles. The highest BCUT2D eigenvalue weighted by molar-refractivity contribution is 14.1. The van der Waals surface area contributed by atoms with Gasteiger partial charge < -0.3 is 10.6 Å². The van der Waals surface area contributed by atoms with E-state index in [4.69, 9.17) is 0 Å². The fourth-order valence-electron chi connectivity index (χ4n) is 1.57. The maximum atomic E-state index is 13.3.